The van der Waals surface area contributed by atoms with E-state index in [4.69, 9.17) is 4.74 Å². The molecule has 2 aromatic carbocycles. The van der Waals surface area contributed by atoms with Crippen LogP contribution in [0.4, 0.5) is 0 Å². The fraction of sp³-hybridized carbons (Fsp3) is 0.238. The monoisotopic (exact) mass is 411 g/mol. The maximum atomic E-state index is 12.9. The number of ether oxygens (including phenoxy) is 1. The summed E-state index contributed by atoms with van der Waals surface area (Å²) in [5.74, 6) is -0.942. The highest BCUT2D eigenvalue weighted by atomic mass is 32.2. The number of fused-ring (bicyclic) bond motifs is 1. The van der Waals surface area contributed by atoms with E-state index in [1.54, 1.807) is 60.2 Å². The van der Waals surface area contributed by atoms with Crippen molar-refractivity contribution in [1.29, 1.82) is 0 Å². The molecule has 0 saturated heterocycles. The molecule has 3 rings (SSSR count). The molecule has 0 aliphatic rings. The normalized spacial score (nSPS) is 10.8. The summed E-state index contributed by atoms with van der Waals surface area (Å²) >= 11 is 1.13. The van der Waals surface area contributed by atoms with Gasteiger partial charge in [-0.05, 0) is 30.7 Å². The van der Waals surface area contributed by atoms with E-state index in [2.05, 4.69) is 10.3 Å². The minimum absolute atomic E-state index is 0.0341. The molecule has 0 saturated carbocycles. The highest BCUT2D eigenvalue weighted by molar-refractivity contribution is 7.99. The molecule has 0 bridgehead atoms. The number of carbonyl (C=O) groups is 2. The summed E-state index contributed by atoms with van der Waals surface area (Å²) in [5.41, 5.74) is 0.824. The molecule has 7 nitrogen and oxygen atoms in total. The second-order valence-electron chi connectivity index (χ2n) is 6.25. The Hall–Kier alpha value is -2.97. The number of para-hydroxylation sites is 1. The summed E-state index contributed by atoms with van der Waals surface area (Å²) in [6, 6.07) is 15.6. The molecule has 150 valence electrons. The second kappa shape index (κ2) is 9.99. The number of hydrogen-bond donors (Lipinski definition) is 1. The summed E-state index contributed by atoms with van der Waals surface area (Å²) in [4.78, 5) is 41.8. The number of imide groups is 1. The molecule has 0 radical (unpaired) electrons. The Morgan fingerprint density at radius 2 is 1.83 bits per heavy atom. The van der Waals surface area contributed by atoms with Crippen molar-refractivity contribution in [3.8, 4) is 0 Å². The number of benzene rings is 2. The van der Waals surface area contributed by atoms with Crippen LogP contribution in [0.3, 0.4) is 0 Å². The zero-order chi connectivity index (χ0) is 20.6. The van der Waals surface area contributed by atoms with Crippen molar-refractivity contribution in [3.63, 3.8) is 0 Å². The van der Waals surface area contributed by atoms with Crippen molar-refractivity contribution in [1.82, 2.24) is 14.9 Å². The summed E-state index contributed by atoms with van der Waals surface area (Å²) < 4.78 is 6.62. The number of aromatic nitrogens is 2. The van der Waals surface area contributed by atoms with Crippen molar-refractivity contribution in [2.45, 2.75) is 18.1 Å². The van der Waals surface area contributed by atoms with E-state index in [0.29, 0.717) is 41.2 Å². The highest BCUT2D eigenvalue weighted by Crippen LogP contribution is 2.18. The van der Waals surface area contributed by atoms with Gasteiger partial charge in [0.1, 0.15) is 0 Å². The number of amides is 2. The van der Waals surface area contributed by atoms with Crippen LogP contribution < -0.4 is 10.9 Å². The van der Waals surface area contributed by atoms with Crippen LogP contribution in [0.15, 0.2) is 64.5 Å². The van der Waals surface area contributed by atoms with Crippen LogP contribution >= 0.6 is 11.8 Å². The number of nitrogens with zero attached hydrogens (tertiary/aromatic N) is 2. The van der Waals surface area contributed by atoms with Crippen molar-refractivity contribution >= 4 is 34.5 Å². The van der Waals surface area contributed by atoms with Gasteiger partial charge in [0.05, 0.1) is 16.7 Å². The van der Waals surface area contributed by atoms with Gasteiger partial charge < -0.3 is 4.74 Å². The van der Waals surface area contributed by atoms with Gasteiger partial charge in [0, 0.05) is 25.8 Å². The molecule has 0 fully saturated rings. The molecule has 0 unspecified atom stereocenters. The molecule has 1 N–H and O–H groups in total. The Balaban J connectivity index is 1.75. The second-order valence-corrected chi connectivity index (χ2v) is 7.19. The van der Waals surface area contributed by atoms with Crippen LogP contribution in [0.2, 0.25) is 0 Å². The van der Waals surface area contributed by atoms with E-state index in [0.717, 1.165) is 11.8 Å². The number of rotatable bonds is 8. The van der Waals surface area contributed by atoms with Gasteiger partial charge in [-0.15, -0.1) is 0 Å². The fourth-order valence-electron chi connectivity index (χ4n) is 2.78. The van der Waals surface area contributed by atoms with Crippen molar-refractivity contribution in [2.24, 2.45) is 0 Å². The molecule has 29 heavy (non-hydrogen) atoms. The lowest BCUT2D eigenvalue weighted by molar-refractivity contribution is -0.117. The Morgan fingerprint density at radius 3 is 2.59 bits per heavy atom. The first-order valence-electron chi connectivity index (χ1n) is 9.10. The van der Waals surface area contributed by atoms with Crippen LogP contribution in [0, 0.1) is 0 Å². The zero-order valence-electron chi connectivity index (χ0n) is 16.0. The first-order valence-corrected chi connectivity index (χ1v) is 10.1. The van der Waals surface area contributed by atoms with Crippen LogP contribution in [-0.4, -0.2) is 40.8 Å². The third kappa shape index (κ3) is 5.30. The maximum absolute atomic E-state index is 12.9. The smallest absolute Gasteiger partial charge is 0.262 e. The summed E-state index contributed by atoms with van der Waals surface area (Å²) in [6.45, 7) is 0.937. The minimum atomic E-state index is -0.458. The lowest BCUT2D eigenvalue weighted by Gasteiger charge is -2.13. The molecule has 0 aliphatic carbocycles. The summed E-state index contributed by atoms with van der Waals surface area (Å²) in [7, 11) is 1.60. The van der Waals surface area contributed by atoms with Crippen LogP contribution in [0.25, 0.3) is 10.9 Å². The van der Waals surface area contributed by atoms with Gasteiger partial charge in [-0.3, -0.25) is 24.3 Å². The molecule has 1 heterocycles. The van der Waals surface area contributed by atoms with Crippen LogP contribution in [0.1, 0.15) is 16.8 Å². The highest BCUT2D eigenvalue weighted by Gasteiger charge is 2.15. The predicted molar refractivity (Wildman–Crippen MR) is 112 cm³/mol. The van der Waals surface area contributed by atoms with Gasteiger partial charge in [0.15, 0.2) is 5.16 Å². The molecule has 0 spiro atoms. The summed E-state index contributed by atoms with van der Waals surface area (Å²) in [6.07, 6.45) is 0.642. The Morgan fingerprint density at radius 1 is 1.10 bits per heavy atom. The quantitative estimate of drug-likeness (QED) is 0.348. The van der Waals surface area contributed by atoms with E-state index in [1.807, 2.05) is 6.07 Å². The van der Waals surface area contributed by atoms with Gasteiger partial charge >= 0.3 is 0 Å². The lowest BCUT2D eigenvalue weighted by atomic mass is 10.2. The third-order valence-electron chi connectivity index (χ3n) is 4.18. The van der Waals surface area contributed by atoms with Gasteiger partial charge in [0.25, 0.3) is 11.5 Å². The van der Waals surface area contributed by atoms with Crippen molar-refractivity contribution < 1.29 is 14.3 Å². The van der Waals surface area contributed by atoms with E-state index in [1.165, 1.54) is 0 Å². The van der Waals surface area contributed by atoms with E-state index in [9.17, 15) is 14.4 Å². The minimum Gasteiger partial charge on any atom is -0.385 e. The van der Waals surface area contributed by atoms with Gasteiger partial charge in [-0.1, -0.05) is 42.1 Å². The van der Waals surface area contributed by atoms with E-state index in [-0.39, 0.29) is 11.3 Å². The third-order valence-corrected chi connectivity index (χ3v) is 5.15. The van der Waals surface area contributed by atoms with Crippen LogP contribution in [-0.2, 0) is 16.1 Å². The molecule has 8 heteroatoms. The number of carbonyl (C=O) groups excluding carboxylic acids is 2. The SMILES string of the molecule is COCCCn1c(SCC(=O)NC(=O)c2ccccc2)nc2ccccc2c1=O. The van der Waals surface area contributed by atoms with Gasteiger partial charge in [0.2, 0.25) is 5.91 Å². The molecular weight excluding hydrogens is 390 g/mol. The molecule has 1 aromatic heterocycles. The average Bonchev–Trinajstić information content (AvgIpc) is 2.74. The fourth-order valence-corrected chi connectivity index (χ4v) is 3.60. The Kier molecular flexibility index (Phi) is 7.15. The number of thioether (sulfide) groups is 1. The van der Waals surface area contributed by atoms with E-state index < -0.39 is 11.8 Å². The Labute approximate surface area is 172 Å². The first-order chi connectivity index (χ1) is 14.1. The molecule has 0 atom stereocenters. The Bertz CT molecular complexity index is 1070. The first kappa shape index (κ1) is 20.8. The van der Waals surface area contributed by atoms with Crippen molar-refractivity contribution in [2.75, 3.05) is 19.5 Å². The topological polar surface area (TPSA) is 90.3 Å². The average molecular weight is 411 g/mol. The summed E-state index contributed by atoms with van der Waals surface area (Å²) in [5, 5.41) is 3.32. The lowest BCUT2D eigenvalue weighted by Crippen LogP contribution is -2.32. The molecule has 0 aliphatic heterocycles. The van der Waals surface area contributed by atoms with E-state index >= 15 is 0 Å². The molecule has 3 aromatic rings. The van der Waals surface area contributed by atoms with Crippen LogP contribution in [0.5, 0.6) is 0 Å². The molecule has 2 amide bonds. The maximum Gasteiger partial charge on any atom is 0.262 e. The zero-order valence-corrected chi connectivity index (χ0v) is 16.8. The number of nitrogens with one attached hydrogen (secondary N) is 1. The van der Waals surface area contributed by atoms with Crippen molar-refractivity contribution in [3.05, 3.63) is 70.5 Å². The number of methoxy groups -OCH3 is 1. The predicted octanol–water partition coefficient (Wildman–Crippen LogP) is 2.48. The molecular formula is C21H21N3O4S. The van der Waals surface area contributed by atoms with Gasteiger partial charge in [-0.2, -0.15) is 0 Å². The largest absolute Gasteiger partial charge is 0.385 e. The van der Waals surface area contributed by atoms with Gasteiger partial charge in [-0.25, -0.2) is 4.98 Å². The standard InChI is InChI=1S/C21H21N3O4S/c1-28-13-7-12-24-20(27)16-10-5-6-11-17(16)22-21(24)29-14-18(25)23-19(26)15-8-3-2-4-9-15/h2-6,8-11H,7,12-14H2,1H3,(H,23,25,26). The number of hydrogen-bond acceptors (Lipinski definition) is 6.